The fourth-order valence-electron chi connectivity index (χ4n) is 3.86. The molecule has 118 valence electrons. The highest BCUT2D eigenvalue weighted by Gasteiger charge is 2.34. The third-order valence-corrected chi connectivity index (χ3v) is 5.40. The minimum atomic E-state index is 0.521. The molecule has 1 aliphatic rings. The Kier molecular flexibility index (Phi) is 5.48. The number of benzene rings is 1. The van der Waals surface area contributed by atoms with Crippen molar-refractivity contribution in [2.24, 2.45) is 17.3 Å². The second-order valence-electron chi connectivity index (χ2n) is 7.86. The van der Waals surface area contributed by atoms with Crippen LogP contribution in [-0.4, -0.2) is 13.1 Å². The van der Waals surface area contributed by atoms with E-state index in [0.717, 1.165) is 18.4 Å². The van der Waals surface area contributed by atoms with Crippen LogP contribution in [0, 0.1) is 31.1 Å². The highest BCUT2D eigenvalue weighted by Crippen LogP contribution is 2.43. The maximum atomic E-state index is 3.58. The zero-order chi connectivity index (χ0) is 15.5. The van der Waals surface area contributed by atoms with E-state index >= 15 is 0 Å². The summed E-state index contributed by atoms with van der Waals surface area (Å²) in [6.45, 7) is 13.8. The molecule has 0 aromatic heterocycles. The lowest BCUT2D eigenvalue weighted by molar-refractivity contribution is 0.116. The third kappa shape index (κ3) is 4.57. The van der Waals surface area contributed by atoms with Gasteiger partial charge in [-0.15, -0.1) is 0 Å². The van der Waals surface area contributed by atoms with Crippen LogP contribution in [0.3, 0.4) is 0 Å². The number of hydrogen-bond donors (Lipinski definition) is 1. The number of hydrogen-bond acceptors (Lipinski definition) is 1. The summed E-state index contributed by atoms with van der Waals surface area (Å²) in [7, 11) is 0. The Labute approximate surface area is 131 Å². The lowest BCUT2D eigenvalue weighted by Crippen LogP contribution is -2.37. The Morgan fingerprint density at radius 1 is 1.14 bits per heavy atom. The van der Waals surface area contributed by atoms with Crippen LogP contribution in [0.4, 0.5) is 0 Å². The van der Waals surface area contributed by atoms with Crippen molar-refractivity contribution >= 4 is 0 Å². The van der Waals surface area contributed by atoms with Gasteiger partial charge in [0.15, 0.2) is 0 Å². The topological polar surface area (TPSA) is 12.0 Å². The molecule has 0 heterocycles. The predicted molar refractivity (Wildman–Crippen MR) is 92.8 cm³/mol. The van der Waals surface area contributed by atoms with Gasteiger partial charge in [0.05, 0.1) is 0 Å². The normalized spacial score (nSPS) is 25.0. The lowest BCUT2D eigenvalue weighted by Gasteiger charge is -2.41. The van der Waals surface area contributed by atoms with Crippen LogP contribution in [0.5, 0.6) is 0 Å². The van der Waals surface area contributed by atoms with Crippen molar-refractivity contribution in [1.29, 1.82) is 0 Å². The Morgan fingerprint density at radius 3 is 2.57 bits per heavy atom. The van der Waals surface area contributed by atoms with E-state index in [0.29, 0.717) is 5.41 Å². The highest BCUT2D eigenvalue weighted by molar-refractivity contribution is 5.30. The molecule has 0 radical (unpaired) electrons. The van der Waals surface area contributed by atoms with Gasteiger partial charge in [0.2, 0.25) is 0 Å². The van der Waals surface area contributed by atoms with Crippen molar-refractivity contribution < 1.29 is 0 Å². The average molecular weight is 287 g/mol. The molecule has 0 amide bonds. The quantitative estimate of drug-likeness (QED) is 0.812. The summed E-state index contributed by atoms with van der Waals surface area (Å²) in [5.41, 5.74) is 4.90. The van der Waals surface area contributed by atoms with Gasteiger partial charge in [0.1, 0.15) is 0 Å². The number of nitrogens with one attached hydrogen (secondary N) is 1. The van der Waals surface area contributed by atoms with E-state index in [4.69, 9.17) is 0 Å². The van der Waals surface area contributed by atoms with Crippen LogP contribution in [0.1, 0.15) is 56.7 Å². The Hall–Kier alpha value is -0.820. The second kappa shape index (κ2) is 6.96. The number of aryl methyl sites for hydroxylation is 2. The van der Waals surface area contributed by atoms with Gasteiger partial charge in [-0.1, -0.05) is 39.0 Å². The SMILES string of the molecule is CCNCC1CCC(C)(C)CC1Cc1ccc(C)c(C)c1. The van der Waals surface area contributed by atoms with Crippen molar-refractivity contribution in [2.75, 3.05) is 13.1 Å². The molecule has 1 saturated carbocycles. The first-order valence-corrected chi connectivity index (χ1v) is 8.68. The highest BCUT2D eigenvalue weighted by atomic mass is 14.8. The van der Waals surface area contributed by atoms with Crippen LogP contribution < -0.4 is 5.32 Å². The van der Waals surface area contributed by atoms with E-state index in [2.05, 4.69) is 58.1 Å². The number of rotatable bonds is 5. The molecule has 2 rings (SSSR count). The fraction of sp³-hybridized carbons (Fsp3) is 0.700. The molecule has 1 N–H and O–H groups in total. The van der Waals surface area contributed by atoms with E-state index in [1.165, 1.54) is 48.9 Å². The minimum Gasteiger partial charge on any atom is -0.317 e. The van der Waals surface area contributed by atoms with Gasteiger partial charge in [-0.3, -0.25) is 0 Å². The largest absolute Gasteiger partial charge is 0.317 e. The van der Waals surface area contributed by atoms with Gasteiger partial charge in [-0.25, -0.2) is 0 Å². The Balaban J connectivity index is 2.09. The second-order valence-corrected chi connectivity index (χ2v) is 7.86. The molecule has 1 heteroatoms. The van der Waals surface area contributed by atoms with E-state index < -0.39 is 0 Å². The molecule has 2 unspecified atom stereocenters. The van der Waals surface area contributed by atoms with Gasteiger partial charge in [-0.05, 0) is 86.6 Å². The Morgan fingerprint density at radius 2 is 1.90 bits per heavy atom. The molecule has 1 aromatic rings. The van der Waals surface area contributed by atoms with E-state index in [-0.39, 0.29) is 0 Å². The zero-order valence-electron chi connectivity index (χ0n) is 14.6. The monoisotopic (exact) mass is 287 g/mol. The van der Waals surface area contributed by atoms with E-state index in [9.17, 15) is 0 Å². The molecule has 0 aliphatic heterocycles. The molecule has 0 bridgehead atoms. The van der Waals surface area contributed by atoms with Crippen molar-refractivity contribution in [1.82, 2.24) is 5.32 Å². The van der Waals surface area contributed by atoms with Crippen LogP contribution in [0.2, 0.25) is 0 Å². The molecule has 0 saturated heterocycles. The summed E-state index contributed by atoms with van der Waals surface area (Å²) in [4.78, 5) is 0. The van der Waals surface area contributed by atoms with Crippen molar-refractivity contribution in [2.45, 2.75) is 60.3 Å². The van der Waals surface area contributed by atoms with Gasteiger partial charge >= 0.3 is 0 Å². The maximum absolute atomic E-state index is 3.58. The third-order valence-electron chi connectivity index (χ3n) is 5.40. The van der Waals surface area contributed by atoms with Crippen molar-refractivity contribution in [3.8, 4) is 0 Å². The minimum absolute atomic E-state index is 0.521. The van der Waals surface area contributed by atoms with Crippen LogP contribution in [0.15, 0.2) is 18.2 Å². The first-order chi connectivity index (χ1) is 9.91. The summed E-state index contributed by atoms with van der Waals surface area (Å²) in [6, 6.07) is 7.04. The summed E-state index contributed by atoms with van der Waals surface area (Å²) in [6.07, 6.45) is 5.39. The van der Waals surface area contributed by atoms with Crippen LogP contribution in [-0.2, 0) is 6.42 Å². The zero-order valence-corrected chi connectivity index (χ0v) is 14.6. The molecule has 1 fully saturated rings. The van der Waals surface area contributed by atoms with E-state index in [1.54, 1.807) is 0 Å². The van der Waals surface area contributed by atoms with Gasteiger partial charge in [-0.2, -0.15) is 0 Å². The predicted octanol–water partition coefficient (Wildman–Crippen LogP) is 4.90. The van der Waals surface area contributed by atoms with Gasteiger partial charge < -0.3 is 5.32 Å². The summed E-state index contributed by atoms with van der Waals surface area (Å²) in [5, 5.41) is 3.58. The average Bonchev–Trinajstić information content (AvgIpc) is 2.41. The lowest BCUT2D eigenvalue weighted by atomic mass is 9.65. The van der Waals surface area contributed by atoms with Gasteiger partial charge in [0.25, 0.3) is 0 Å². The first kappa shape index (κ1) is 16.5. The van der Waals surface area contributed by atoms with Crippen molar-refractivity contribution in [3.63, 3.8) is 0 Å². The smallest absolute Gasteiger partial charge is 0.00179 e. The molecule has 21 heavy (non-hydrogen) atoms. The fourth-order valence-corrected chi connectivity index (χ4v) is 3.86. The Bertz CT molecular complexity index is 461. The van der Waals surface area contributed by atoms with Crippen LogP contribution in [0.25, 0.3) is 0 Å². The molecule has 2 atom stereocenters. The van der Waals surface area contributed by atoms with Crippen molar-refractivity contribution in [3.05, 3.63) is 34.9 Å². The molecule has 1 nitrogen and oxygen atoms in total. The standard InChI is InChI=1S/C20H33N/c1-6-21-14-18-9-10-20(4,5)13-19(18)12-17-8-7-15(2)16(3)11-17/h7-8,11,18-19,21H,6,9-10,12-14H2,1-5H3. The molecule has 1 aliphatic carbocycles. The molecule has 0 spiro atoms. The summed E-state index contributed by atoms with van der Waals surface area (Å²) >= 11 is 0. The van der Waals surface area contributed by atoms with Crippen LogP contribution >= 0.6 is 0 Å². The molecular weight excluding hydrogens is 254 g/mol. The molecule has 1 aromatic carbocycles. The van der Waals surface area contributed by atoms with Gasteiger partial charge in [0, 0.05) is 0 Å². The first-order valence-electron chi connectivity index (χ1n) is 8.68. The molecular formula is C20H33N. The summed E-state index contributed by atoms with van der Waals surface area (Å²) in [5.74, 6) is 1.68. The summed E-state index contributed by atoms with van der Waals surface area (Å²) < 4.78 is 0. The van der Waals surface area contributed by atoms with E-state index in [1.807, 2.05) is 0 Å². The maximum Gasteiger partial charge on any atom is -0.00179 e.